The summed E-state index contributed by atoms with van der Waals surface area (Å²) in [6.45, 7) is 15.6. The molecule has 1 aromatic rings. The quantitative estimate of drug-likeness (QED) is 0.784. The Morgan fingerprint density at radius 1 is 1.15 bits per heavy atom. The van der Waals surface area contributed by atoms with Gasteiger partial charge in [0.05, 0.1) is 0 Å². The Balaban J connectivity index is 3.11. The molecule has 1 aromatic carbocycles. The van der Waals surface area contributed by atoms with Gasteiger partial charge in [-0.1, -0.05) is 44.6 Å². The van der Waals surface area contributed by atoms with Crippen LogP contribution < -0.4 is 5.32 Å². The smallest absolute Gasteiger partial charge is 0.0290 e. The van der Waals surface area contributed by atoms with Gasteiger partial charge in [0.2, 0.25) is 0 Å². The molecule has 0 aliphatic carbocycles. The van der Waals surface area contributed by atoms with Gasteiger partial charge in [-0.05, 0) is 68.8 Å². The molecule has 0 fully saturated rings. The minimum atomic E-state index is 0.219. The molecule has 1 heteroatoms. The Morgan fingerprint density at radius 3 is 2.00 bits per heavy atom. The number of benzene rings is 1. The summed E-state index contributed by atoms with van der Waals surface area (Å²) in [5.74, 6) is 0. The van der Waals surface area contributed by atoms with Gasteiger partial charge in [-0.3, -0.25) is 0 Å². The maximum atomic E-state index is 3.40. The molecule has 1 rings (SSSR count). The van der Waals surface area contributed by atoms with Crippen LogP contribution in [-0.4, -0.2) is 13.1 Å². The first-order chi connectivity index (χ1) is 9.15. The molecule has 0 radical (unpaired) electrons. The van der Waals surface area contributed by atoms with Crippen molar-refractivity contribution in [2.24, 2.45) is 0 Å². The van der Waals surface area contributed by atoms with E-state index in [9.17, 15) is 0 Å². The summed E-state index contributed by atoms with van der Waals surface area (Å²) in [4.78, 5) is 0. The molecule has 0 saturated heterocycles. The monoisotopic (exact) mass is 273 g/mol. The minimum absolute atomic E-state index is 0.219. The maximum Gasteiger partial charge on any atom is 0.0290 e. The highest BCUT2D eigenvalue weighted by Gasteiger charge is 2.17. The van der Waals surface area contributed by atoms with E-state index in [1.807, 2.05) is 7.05 Å². The van der Waals surface area contributed by atoms with Crippen LogP contribution >= 0.6 is 0 Å². The lowest BCUT2D eigenvalue weighted by atomic mass is 9.83. The highest BCUT2D eigenvalue weighted by atomic mass is 14.9. The molecule has 0 aliphatic rings. The van der Waals surface area contributed by atoms with E-state index in [1.165, 1.54) is 27.8 Å². The SMILES string of the molecule is CNC(C=C(C)C)Cc1c(C)cc(C(C)(C)C)cc1C. The first kappa shape index (κ1) is 17.0. The number of rotatable bonds is 4. The zero-order valence-corrected chi connectivity index (χ0v) is 14.5. The van der Waals surface area contributed by atoms with Crippen LogP contribution in [0.2, 0.25) is 0 Å². The van der Waals surface area contributed by atoms with Crippen LogP contribution in [-0.2, 0) is 11.8 Å². The van der Waals surface area contributed by atoms with Gasteiger partial charge in [-0.25, -0.2) is 0 Å². The minimum Gasteiger partial charge on any atom is -0.313 e. The zero-order valence-electron chi connectivity index (χ0n) is 14.5. The summed E-state index contributed by atoms with van der Waals surface area (Å²) < 4.78 is 0. The second kappa shape index (κ2) is 6.58. The van der Waals surface area contributed by atoms with E-state index in [0.29, 0.717) is 6.04 Å². The molecule has 1 nitrogen and oxygen atoms in total. The molecule has 0 saturated carbocycles. The third kappa shape index (κ3) is 4.49. The van der Waals surface area contributed by atoms with Crippen LogP contribution in [0.5, 0.6) is 0 Å². The van der Waals surface area contributed by atoms with E-state index in [1.54, 1.807) is 0 Å². The highest BCUT2D eigenvalue weighted by molar-refractivity contribution is 5.41. The third-order valence-electron chi connectivity index (χ3n) is 3.89. The van der Waals surface area contributed by atoms with Crippen molar-refractivity contribution in [3.05, 3.63) is 46.0 Å². The van der Waals surface area contributed by atoms with Gasteiger partial charge >= 0.3 is 0 Å². The van der Waals surface area contributed by atoms with Gasteiger partial charge in [-0.2, -0.15) is 0 Å². The van der Waals surface area contributed by atoms with Gasteiger partial charge in [-0.15, -0.1) is 0 Å². The normalized spacial score (nSPS) is 13.2. The van der Waals surface area contributed by atoms with E-state index in [2.05, 4.69) is 72.0 Å². The number of nitrogens with one attached hydrogen (secondary N) is 1. The Labute approximate surface area is 125 Å². The van der Waals surface area contributed by atoms with Crippen LogP contribution in [0, 0.1) is 13.8 Å². The third-order valence-corrected chi connectivity index (χ3v) is 3.89. The summed E-state index contributed by atoms with van der Waals surface area (Å²) in [7, 11) is 2.04. The molecule has 0 amide bonds. The van der Waals surface area contributed by atoms with Crippen molar-refractivity contribution in [1.82, 2.24) is 5.32 Å². The molecule has 1 N–H and O–H groups in total. The summed E-state index contributed by atoms with van der Waals surface area (Å²) in [5.41, 5.74) is 7.33. The second-order valence-electron chi connectivity index (χ2n) is 7.18. The summed E-state index contributed by atoms with van der Waals surface area (Å²) in [6, 6.07) is 5.13. The maximum absolute atomic E-state index is 3.40. The van der Waals surface area contributed by atoms with Crippen molar-refractivity contribution in [2.75, 3.05) is 7.05 Å². The molecule has 0 heterocycles. The summed E-state index contributed by atoms with van der Waals surface area (Å²) in [5, 5.41) is 3.40. The molecule has 112 valence electrons. The van der Waals surface area contributed by atoms with Crippen molar-refractivity contribution in [3.63, 3.8) is 0 Å². The van der Waals surface area contributed by atoms with Gasteiger partial charge in [0.15, 0.2) is 0 Å². The van der Waals surface area contributed by atoms with Gasteiger partial charge < -0.3 is 5.32 Å². The number of hydrogen-bond donors (Lipinski definition) is 1. The van der Waals surface area contributed by atoms with Gasteiger partial charge in [0.25, 0.3) is 0 Å². The Kier molecular flexibility index (Phi) is 5.59. The average molecular weight is 273 g/mol. The molecule has 0 aliphatic heterocycles. The molecule has 1 unspecified atom stereocenters. The molecule has 0 bridgehead atoms. The highest BCUT2D eigenvalue weighted by Crippen LogP contribution is 2.27. The van der Waals surface area contributed by atoms with Crippen LogP contribution in [0.4, 0.5) is 0 Å². The predicted octanol–water partition coefficient (Wildman–Crippen LogP) is 4.70. The lowest BCUT2D eigenvalue weighted by Crippen LogP contribution is -2.26. The Bertz CT molecular complexity index is 462. The van der Waals surface area contributed by atoms with Crippen molar-refractivity contribution in [2.45, 2.75) is 66.3 Å². The first-order valence-electron chi connectivity index (χ1n) is 7.58. The lowest BCUT2D eigenvalue weighted by molar-refractivity contribution is 0.587. The summed E-state index contributed by atoms with van der Waals surface area (Å²) >= 11 is 0. The molecule has 1 atom stereocenters. The topological polar surface area (TPSA) is 12.0 Å². The number of hydrogen-bond acceptors (Lipinski definition) is 1. The lowest BCUT2D eigenvalue weighted by Gasteiger charge is -2.23. The van der Waals surface area contributed by atoms with E-state index >= 15 is 0 Å². The zero-order chi connectivity index (χ0) is 15.5. The van der Waals surface area contributed by atoms with Crippen LogP contribution in [0.25, 0.3) is 0 Å². The standard InChI is InChI=1S/C19H31N/c1-13(2)9-17(20-8)12-18-14(3)10-16(11-15(18)4)19(5,6)7/h9-11,17,20H,12H2,1-8H3. The fraction of sp³-hybridized carbons (Fsp3) is 0.579. The predicted molar refractivity (Wildman–Crippen MR) is 90.6 cm³/mol. The van der Waals surface area contributed by atoms with E-state index < -0.39 is 0 Å². The molecule has 20 heavy (non-hydrogen) atoms. The van der Waals surface area contributed by atoms with Crippen LogP contribution in [0.1, 0.15) is 56.9 Å². The van der Waals surface area contributed by atoms with Crippen LogP contribution in [0.15, 0.2) is 23.8 Å². The van der Waals surface area contributed by atoms with E-state index in [4.69, 9.17) is 0 Å². The van der Waals surface area contributed by atoms with Gasteiger partial charge in [0.1, 0.15) is 0 Å². The van der Waals surface area contributed by atoms with E-state index in [0.717, 1.165) is 6.42 Å². The molecular formula is C19H31N. The van der Waals surface area contributed by atoms with Crippen molar-refractivity contribution in [3.8, 4) is 0 Å². The Hall–Kier alpha value is -1.08. The first-order valence-corrected chi connectivity index (χ1v) is 7.58. The van der Waals surface area contributed by atoms with E-state index in [-0.39, 0.29) is 5.41 Å². The Morgan fingerprint density at radius 2 is 1.65 bits per heavy atom. The van der Waals surface area contributed by atoms with Crippen LogP contribution in [0.3, 0.4) is 0 Å². The fourth-order valence-electron chi connectivity index (χ4n) is 2.61. The molecule has 0 spiro atoms. The number of likely N-dealkylation sites (N-methyl/N-ethyl adjacent to an activating group) is 1. The summed E-state index contributed by atoms with van der Waals surface area (Å²) in [6.07, 6.45) is 3.38. The number of allylic oxidation sites excluding steroid dienone is 1. The van der Waals surface area contributed by atoms with Crippen molar-refractivity contribution in [1.29, 1.82) is 0 Å². The average Bonchev–Trinajstić information content (AvgIpc) is 2.30. The van der Waals surface area contributed by atoms with Crippen molar-refractivity contribution >= 4 is 0 Å². The second-order valence-corrected chi connectivity index (χ2v) is 7.18. The molecular weight excluding hydrogens is 242 g/mol. The fourth-order valence-corrected chi connectivity index (χ4v) is 2.61. The van der Waals surface area contributed by atoms with Crippen molar-refractivity contribution < 1.29 is 0 Å². The largest absolute Gasteiger partial charge is 0.313 e. The molecule has 0 aromatic heterocycles. The number of aryl methyl sites for hydroxylation is 2. The van der Waals surface area contributed by atoms with Gasteiger partial charge in [0, 0.05) is 6.04 Å².